The Balaban J connectivity index is 1.70. The van der Waals surface area contributed by atoms with Gasteiger partial charge in [0.2, 0.25) is 6.79 Å². The highest BCUT2D eigenvalue weighted by Crippen LogP contribution is 2.23. The number of aliphatic hydroxyl groups is 1. The van der Waals surface area contributed by atoms with Gasteiger partial charge in [-0.1, -0.05) is 54.9 Å². The summed E-state index contributed by atoms with van der Waals surface area (Å²) in [5.74, 6) is -2.08. The quantitative estimate of drug-likeness (QED) is 0.236. The molecule has 2 atom stereocenters. The van der Waals surface area contributed by atoms with Gasteiger partial charge in [-0.15, -0.1) is 0 Å². The second-order valence-corrected chi connectivity index (χ2v) is 9.18. The third-order valence-corrected chi connectivity index (χ3v) is 5.95. The van der Waals surface area contributed by atoms with Gasteiger partial charge in [0.1, 0.15) is 5.69 Å². The average Bonchev–Trinajstić information content (AvgIpc) is 3.22. The number of halogens is 1. The van der Waals surface area contributed by atoms with E-state index in [1.54, 1.807) is 13.0 Å². The van der Waals surface area contributed by atoms with Crippen molar-refractivity contribution in [1.29, 1.82) is 0 Å². The number of ether oxygens (including phenoxy) is 2. The number of aryl methyl sites for hydroxylation is 1. The molecule has 0 bridgehead atoms. The van der Waals surface area contributed by atoms with Crippen molar-refractivity contribution in [1.82, 2.24) is 15.1 Å². The molecule has 1 heterocycles. The molecule has 0 aliphatic carbocycles. The van der Waals surface area contributed by atoms with Crippen LogP contribution in [0.3, 0.4) is 0 Å². The number of carbonyl (C=O) groups excluding carboxylic acids is 3. The van der Waals surface area contributed by atoms with Crippen LogP contribution in [0.25, 0.3) is 11.1 Å². The fourth-order valence-corrected chi connectivity index (χ4v) is 3.93. The maximum Gasteiger partial charge on any atom is 0.337 e. The van der Waals surface area contributed by atoms with Crippen LogP contribution in [0.1, 0.15) is 42.2 Å². The number of carbonyl (C=O) groups is 3. The lowest BCUT2D eigenvalue weighted by Crippen LogP contribution is -2.41. The van der Waals surface area contributed by atoms with E-state index in [4.69, 9.17) is 21.1 Å². The van der Waals surface area contributed by atoms with E-state index >= 15 is 0 Å². The van der Waals surface area contributed by atoms with Gasteiger partial charge in [-0.2, -0.15) is 0 Å². The lowest BCUT2D eigenvalue weighted by Gasteiger charge is -2.21. The second-order valence-electron chi connectivity index (χ2n) is 8.75. The zero-order valence-electron chi connectivity index (χ0n) is 21.1. The molecule has 38 heavy (non-hydrogen) atoms. The summed E-state index contributed by atoms with van der Waals surface area (Å²) in [6, 6.07) is 15.4. The molecule has 0 aliphatic heterocycles. The molecule has 3 aromatic rings. The van der Waals surface area contributed by atoms with E-state index in [-0.39, 0.29) is 30.5 Å². The van der Waals surface area contributed by atoms with Gasteiger partial charge in [0.25, 0.3) is 11.5 Å². The molecule has 1 aromatic heterocycles. The summed E-state index contributed by atoms with van der Waals surface area (Å²) < 4.78 is 10.8. The lowest BCUT2D eigenvalue weighted by atomic mass is 9.97. The van der Waals surface area contributed by atoms with E-state index in [2.05, 4.69) is 10.4 Å². The molecule has 10 nitrogen and oxygen atoms in total. The fourth-order valence-electron chi connectivity index (χ4n) is 3.74. The van der Waals surface area contributed by atoms with Gasteiger partial charge in [-0.25, -0.2) is 4.79 Å². The second kappa shape index (κ2) is 13.6. The SMILES string of the molecule is CCCC(=O)OCOC(=O)C(O)CC(Cc1ccc(-c2cccc(Cl)c2)cc1)NC(=O)c1cc(=O)n(C)[nH]1. The van der Waals surface area contributed by atoms with Crippen molar-refractivity contribution in [3.63, 3.8) is 0 Å². The van der Waals surface area contributed by atoms with Crippen molar-refractivity contribution in [3.05, 3.63) is 81.2 Å². The highest BCUT2D eigenvalue weighted by atomic mass is 35.5. The first kappa shape index (κ1) is 28.7. The van der Waals surface area contributed by atoms with Crippen molar-refractivity contribution in [3.8, 4) is 11.1 Å². The molecule has 0 saturated carbocycles. The molecule has 11 heteroatoms. The Hall–Kier alpha value is -3.89. The van der Waals surface area contributed by atoms with Crippen molar-refractivity contribution in [2.45, 2.75) is 44.8 Å². The van der Waals surface area contributed by atoms with Crippen LogP contribution >= 0.6 is 11.6 Å². The number of aromatic nitrogens is 2. The highest BCUT2D eigenvalue weighted by molar-refractivity contribution is 6.30. The molecule has 2 unspecified atom stereocenters. The minimum Gasteiger partial charge on any atom is -0.428 e. The zero-order chi connectivity index (χ0) is 27.7. The van der Waals surface area contributed by atoms with E-state index in [9.17, 15) is 24.3 Å². The Bertz CT molecular complexity index is 1320. The lowest BCUT2D eigenvalue weighted by molar-refractivity contribution is -0.173. The number of esters is 2. The highest BCUT2D eigenvalue weighted by Gasteiger charge is 2.25. The third-order valence-electron chi connectivity index (χ3n) is 5.72. The summed E-state index contributed by atoms with van der Waals surface area (Å²) in [7, 11) is 1.48. The number of hydrogen-bond donors (Lipinski definition) is 3. The van der Waals surface area contributed by atoms with Crippen LogP contribution < -0.4 is 10.9 Å². The van der Waals surface area contributed by atoms with Gasteiger partial charge in [0.05, 0.1) is 0 Å². The van der Waals surface area contributed by atoms with Crippen LogP contribution in [0.2, 0.25) is 5.02 Å². The largest absolute Gasteiger partial charge is 0.428 e. The number of rotatable bonds is 12. The van der Waals surface area contributed by atoms with E-state index in [1.165, 1.54) is 7.05 Å². The van der Waals surface area contributed by atoms with Crippen molar-refractivity contribution in [2.24, 2.45) is 7.05 Å². The third kappa shape index (κ3) is 8.32. The van der Waals surface area contributed by atoms with Gasteiger partial charge in [0.15, 0.2) is 6.10 Å². The first-order chi connectivity index (χ1) is 18.2. The Labute approximate surface area is 224 Å². The first-order valence-electron chi connectivity index (χ1n) is 12.1. The van der Waals surface area contributed by atoms with Crippen LogP contribution in [0.15, 0.2) is 59.4 Å². The molecule has 2 aromatic carbocycles. The number of nitrogens with one attached hydrogen (secondary N) is 2. The van der Waals surface area contributed by atoms with E-state index < -0.39 is 36.8 Å². The summed E-state index contributed by atoms with van der Waals surface area (Å²) in [6.45, 7) is 1.20. The van der Waals surface area contributed by atoms with Crippen molar-refractivity contribution in [2.75, 3.05) is 6.79 Å². The van der Waals surface area contributed by atoms with Crippen LogP contribution in [0, 0.1) is 0 Å². The van der Waals surface area contributed by atoms with Gasteiger partial charge >= 0.3 is 11.9 Å². The summed E-state index contributed by atoms with van der Waals surface area (Å²) >= 11 is 6.09. The number of nitrogens with zero attached hydrogens (tertiary/aromatic N) is 1. The normalized spacial score (nSPS) is 12.4. The number of aliphatic hydroxyl groups excluding tert-OH is 1. The van der Waals surface area contributed by atoms with Crippen LogP contribution in [0.4, 0.5) is 0 Å². The minimum atomic E-state index is -1.59. The predicted octanol–water partition coefficient (Wildman–Crippen LogP) is 2.97. The summed E-state index contributed by atoms with van der Waals surface area (Å²) in [4.78, 5) is 48.2. The van der Waals surface area contributed by atoms with Gasteiger partial charge in [0, 0.05) is 37.0 Å². The summed E-state index contributed by atoms with van der Waals surface area (Å²) in [5, 5.41) is 16.5. The molecule has 0 radical (unpaired) electrons. The molecular weight excluding hydrogens is 514 g/mol. The number of hydrogen-bond acceptors (Lipinski definition) is 7. The summed E-state index contributed by atoms with van der Waals surface area (Å²) in [5.41, 5.74) is 2.37. The van der Waals surface area contributed by atoms with E-state index in [0.717, 1.165) is 27.4 Å². The van der Waals surface area contributed by atoms with E-state index in [0.29, 0.717) is 11.4 Å². The molecule has 1 amide bonds. The van der Waals surface area contributed by atoms with Crippen molar-refractivity contribution < 1.29 is 29.0 Å². The predicted molar refractivity (Wildman–Crippen MR) is 140 cm³/mol. The smallest absolute Gasteiger partial charge is 0.337 e. The fraction of sp³-hybridized carbons (Fsp3) is 0.333. The summed E-state index contributed by atoms with van der Waals surface area (Å²) in [6.07, 6.45) is -0.726. The van der Waals surface area contributed by atoms with Gasteiger partial charge in [-0.3, -0.25) is 24.2 Å². The average molecular weight is 544 g/mol. The van der Waals surface area contributed by atoms with Crippen LogP contribution in [-0.4, -0.2) is 51.7 Å². The minimum absolute atomic E-state index is 0.0405. The standard InChI is InChI=1S/C27H30ClN3O7/c1-3-5-25(34)37-16-38-27(36)23(32)14-21(29-26(35)22-15-24(33)31(2)30-22)12-17-8-10-18(11-9-17)19-6-4-7-20(28)13-19/h4,6-11,13,15,21,23,30,32H,3,5,12,14,16H2,1-2H3,(H,29,35). The van der Waals surface area contributed by atoms with Gasteiger partial charge in [-0.05, 0) is 41.7 Å². The molecule has 3 N–H and O–H groups in total. The Morgan fingerprint density at radius 1 is 1.08 bits per heavy atom. The molecule has 3 rings (SSSR count). The number of benzene rings is 2. The number of amides is 1. The maximum atomic E-state index is 12.8. The van der Waals surface area contributed by atoms with E-state index in [1.807, 2.05) is 42.5 Å². The first-order valence-corrected chi connectivity index (χ1v) is 12.5. The molecular formula is C27H30ClN3O7. The Morgan fingerprint density at radius 3 is 2.45 bits per heavy atom. The Kier molecular flexibility index (Phi) is 10.3. The molecule has 0 aliphatic rings. The maximum absolute atomic E-state index is 12.8. The topological polar surface area (TPSA) is 140 Å². The van der Waals surface area contributed by atoms with Gasteiger partial charge < -0.3 is 19.9 Å². The Morgan fingerprint density at radius 2 is 1.82 bits per heavy atom. The number of aromatic amines is 1. The van der Waals surface area contributed by atoms with Crippen LogP contribution in [0.5, 0.6) is 0 Å². The molecule has 0 spiro atoms. The molecule has 202 valence electrons. The molecule has 0 saturated heterocycles. The molecule has 0 fully saturated rings. The number of H-pyrrole nitrogens is 1. The van der Waals surface area contributed by atoms with Crippen LogP contribution in [-0.2, 0) is 32.5 Å². The van der Waals surface area contributed by atoms with Crippen molar-refractivity contribution >= 4 is 29.4 Å². The zero-order valence-corrected chi connectivity index (χ0v) is 21.9. The monoisotopic (exact) mass is 543 g/mol.